The molecule has 3 N–H and O–H groups in total. The number of nitriles is 1. The predicted octanol–water partition coefficient (Wildman–Crippen LogP) is 3.22. The molecule has 1 aromatic carbocycles. The highest BCUT2D eigenvalue weighted by Crippen LogP contribution is 2.25. The standard InChI is InChI=1S/C23H33N7S/c1-16(2)21-15-29(12-13-31-21)23(26-4)27-11-5-6-20-19(14-24)22(25)30(28-20)18-9-7-17(3)8-10-18/h7-10,16,21H,5-6,11-13,15,25H2,1-4H3,(H,26,27). The van der Waals surface area contributed by atoms with Crippen molar-refractivity contribution in [2.75, 3.05) is 38.2 Å². The summed E-state index contributed by atoms with van der Waals surface area (Å²) in [5.41, 5.74) is 9.48. The number of aryl methyl sites for hydroxylation is 2. The predicted molar refractivity (Wildman–Crippen MR) is 130 cm³/mol. The Balaban J connectivity index is 1.59. The minimum Gasteiger partial charge on any atom is -0.382 e. The van der Waals surface area contributed by atoms with Gasteiger partial charge in [0, 0.05) is 37.7 Å². The summed E-state index contributed by atoms with van der Waals surface area (Å²) in [7, 11) is 1.84. The zero-order valence-electron chi connectivity index (χ0n) is 18.9. The summed E-state index contributed by atoms with van der Waals surface area (Å²) >= 11 is 2.06. The van der Waals surface area contributed by atoms with E-state index in [9.17, 15) is 5.26 Å². The number of thioether (sulfide) groups is 1. The number of nitrogen functional groups attached to an aromatic ring is 1. The van der Waals surface area contributed by atoms with Crippen LogP contribution in [0.15, 0.2) is 29.3 Å². The van der Waals surface area contributed by atoms with E-state index in [-0.39, 0.29) is 0 Å². The minimum absolute atomic E-state index is 0.399. The second-order valence-electron chi connectivity index (χ2n) is 8.24. The van der Waals surface area contributed by atoms with Gasteiger partial charge in [-0.3, -0.25) is 4.99 Å². The van der Waals surface area contributed by atoms with E-state index in [1.165, 1.54) is 5.56 Å². The van der Waals surface area contributed by atoms with Crippen molar-refractivity contribution in [2.45, 2.75) is 38.9 Å². The number of nitrogens with two attached hydrogens (primary N) is 1. The maximum Gasteiger partial charge on any atom is 0.193 e. The van der Waals surface area contributed by atoms with Gasteiger partial charge >= 0.3 is 0 Å². The molecule has 0 aliphatic carbocycles. The number of nitrogens with one attached hydrogen (secondary N) is 1. The van der Waals surface area contributed by atoms with Crippen molar-refractivity contribution in [3.8, 4) is 11.8 Å². The number of aliphatic imine (C=N–C) groups is 1. The van der Waals surface area contributed by atoms with E-state index in [0.717, 1.165) is 49.1 Å². The third-order valence-electron chi connectivity index (χ3n) is 5.61. The van der Waals surface area contributed by atoms with Crippen LogP contribution in [-0.2, 0) is 6.42 Å². The Bertz CT molecular complexity index is 940. The third-order valence-corrected chi connectivity index (χ3v) is 7.15. The van der Waals surface area contributed by atoms with Gasteiger partial charge in [-0.25, -0.2) is 4.68 Å². The average molecular weight is 440 g/mol. The van der Waals surface area contributed by atoms with Gasteiger partial charge in [-0.1, -0.05) is 31.5 Å². The van der Waals surface area contributed by atoms with Crippen molar-refractivity contribution in [1.29, 1.82) is 5.26 Å². The fourth-order valence-corrected chi connectivity index (χ4v) is 5.02. The van der Waals surface area contributed by atoms with Crippen LogP contribution in [-0.4, -0.2) is 58.3 Å². The first-order chi connectivity index (χ1) is 14.9. The number of hydrogen-bond acceptors (Lipinski definition) is 5. The molecule has 1 unspecified atom stereocenters. The molecule has 166 valence electrons. The molecule has 8 heteroatoms. The van der Waals surface area contributed by atoms with E-state index in [2.05, 4.69) is 52.0 Å². The van der Waals surface area contributed by atoms with Crippen LogP contribution in [0.3, 0.4) is 0 Å². The van der Waals surface area contributed by atoms with Crippen LogP contribution in [0, 0.1) is 24.2 Å². The molecule has 3 rings (SSSR count). The number of hydrogen-bond donors (Lipinski definition) is 2. The maximum absolute atomic E-state index is 9.60. The van der Waals surface area contributed by atoms with Gasteiger partial charge in [0.25, 0.3) is 0 Å². The molecule has 0 bridgehead atoms. The van der Waals surface area contributed by atoms with Crippen molar-refractivity contribution in [1.82, 2.24) is 20.0 Å². The molecule has 1 aromatic heterocycles. The molecule has 1 aliphatic heterocycles. The fourth-order valence-electron chi connectivity index (χ4n) is 3.72. The van der Waals surface area contributed by atoms with Crippen molar-refractivity contribution in [3.63, 3.8) is 0 Å². The summed E-state index contributed by atoms with van der Waals surface area (Å²) in [6.45, 7) is 9.42. The quantitative estimate of drug-likeness (QED) is 0.408. The van der Waals surface area contributed by atoms with Gasteiger partial charge in [0.05, 0.1) is 11.4 Å². The molecule has 1 fully saturated rings. The van der Waals surface area contributed by atoms with Gasteiger partial charge in [0.2, 0.25) is 0 Å². The SMILES string of the molecule is CN=C(NCCCc1nn(-c2ccc(C)cc2)c(N)c1C#N)N1CCSC(C(C)C)C1. The molecule has 0 saturated carbocycles. The second kappa shape index (κ2) is 10.6. The Hall–Kier alpha value is -2.66. The monoisotopic (exact) mass is 439 g/mol. The first-order valence-electron chi connectivity index (χ1n) is 10.9. The van der Waals surface area contributed by atoms with E-state index in [1.807, 2.05) is 38.2 Å². The largest absolute Gasteiger partial charge is 0.382 e. The van der Waals surface area contributed by atoms with E-state index >= 15 is 0 Å². The zero-order valence-corrected chi connectivity index (χ0v) is 19.7. The Morgan fingerprint density at radius 3 is 2.77 bits per heavy atom. The second-order valence-corrected chi connectivity index (χ2v) is 9.59. The Labute approximate surface area is 189 Å². The highest BCUT2D eigenvalue weighted by atomic mass is 32.2. The Morgan fingerprint density at radius 1 is 1.39 bits per heavy atom. The summed E-state index contributed by atoms with van der Waals surface area (Å²) in [6.07, 6.45) is 1.52. The molecule has 0 amide bonds. The van der Waals surface area contributed by atoms with Crippen LogP contribution < -0.4 is 11.1 Å². The molecule has 2 aromatic rings. The maximum atomic E-state index is 9.60. The minimum atomic E-state index is 0.399. The molecule has 7 nitrogen and oxygen atoms in total. The highest BCUT2D eigenvalue weighted by Gasteiger charge is 2.24. The van der Waals surface area contributed by atoms with Crippen molar-refractivity contribution in [2.24, 2.45) is 10.9 Å². The smallest absolute Gasteiger partial charge is 0.193 e. The lowest BCUT2D eigenvalue weighted by Crippen LogP contribution is -2.49. The van der Waals surface area contributed by atoms with Crippen molar-refractivity contribution in [3.05, 3.63) is 41.1 Å². The van der Waals surface area contributed by atoms with E-state index in [1.54, 1.807) is 4.68 Å². The first kappa shape index (κ1) is 23.0. The molecule has 1 aliphatic rings. The summed E-state index contributed by atoms with van der Waals surface area (Å²) in [5.74, 6) is 3.14. The number of aromatic nitrogens is 2. The van der Waals surface area contributed by atoms with Crippen LogP contribution in [0.25, 0.3) is 5.69 Å². The lowest BCUT2D eigenvalue weighted by molar-refractivity contribution is 0.380. The number of nitrogens with zero attached hydrogens (tertiary/aromatic N) is 5. The van der Waals surface area contributed by atoms with E-state index in [4.69, 9.17) is 5.73 Å². The summed E-state index contributed by atoms with van der Waals surface area (Å²) in [6, 6.07) is 10.2. The van der Waals surface area contributed by atoms with Crippen LogP contribution >= 0.6 is 11.8 Å². The molecule has 2 heterocycles. The summed E-state index contributed by atoms with van der Waals surface area (Å²) in [4.78, 5) is 6.83. The lowest BCUT2D eigenvalue weighted by atomic mass is 10.1. The number of guanidine groups is 1. The third kappa shape index (κ3) is 5.53. The van der Waals surface area contributed by atoms with Crippen molar-refractivity contribution < 1.29 is 0 Å². The van der Waals surface area contributed by atoms with Crippen molar-refractivity contribution >= 4 is 23.5 Å². The number of rotatable bonds is 6. The molecule has 1 atom stereocenters. The van der Waals surface area contributed by atoms with Crippen LogP contribution in [0.5, 0.6) is 0 Å². The topological polar surface area (TPSA) is 95.3 Å². The van der Waals surface area contributed by atoms with Gasteiger partial charge in [-0.05, 0) is 37.8 Å². The summed E-state index contributed by atoms with van der Waals surface area (Å²) in [5, 5.41) is 18.4. The number of benzene rings is 1. The normalized spacial score (nSPS) is 17.1. The Morgan fingerprint density at radius 2 is 2.13 bits per heavy atom. The number of anilines is 1. The zero-order chi connectivity index (χ0) is 22.4. The van der Waals surface area contributed by atoms with E-state index in [0.29, 0.717) is 29.0 Å². The fraction of sp³-hybridized carbons (Fsp3) is 0.522. The average Bonchev–Trinajstić information content (AvgIpc) is 3.09. The summed E-state index contributed by atoms with van der Waals surface area (Å²) < 4.78 is 1.66. The van der Waals surface area contributed by atoms with Crippen LogP contribution in [0.1, 0.15) is 37.1 Å². The molecular weight excluding hydrogens is 406 g/mol. The Kier molecular flexibility index (Phi) is 7.85. The van der Waals surface area contributed by atoms with Crippen LogP contribution in [0.4, 0.5) is 5.82 Å². The van der Waals surface area contributed by atoms with Gasteiger partial charge in [0.15, 0.2) is 5.96 Å². The van der Waals surface area contributed by atoms with Gasteiger partial charge in [0.1, 0.15) is 17.5 Å². The first-order valence-corrected chi connectivity index (χ1v) is 11.9. The highest BCUT2D eigenvalue weighted by molar-refractivity contribution is 8.00. The van der Waals surface area contributed by atoms with E-state index < -0.39 is 0 Å². The van der Waals surface area contributed by atoms with Crippen LogP contribution in [0.2, 0.25) is 0 Å². The van der Waals surface area contributed by atoms with Gasteiger partial charge in [-0.2, -0.15) is 22.1 Å². The molecule has 0 radical (unpaired) electrons. The molecule has 31 heavy (non-hydrogen) atoms. The lowest BCUT2D eigenvalue weighted by Gasteiger charge is -2.36. The molecular formula is C23H33N7S. The van der Waals surface area contributed by atoms with Gasteiger partial charge in [-0.15, -0.1) is 0 Å². The molecule has 0 spiro atoms. The van der Waals surface area contributed by atoms with Gasteiger partial charge < -0.3 is 16.0 Å². The molecule has 1 saturated heterocycles.